The molecule has 7 nitrogen and oxygen atoms in total. The molecule has 2 saturated heterocycles. The van der Waals surface area contributed by atoms with Gasteiger partial charge in [0.15, 0.2) is 9.84 Å². The number of nitrogens with zero attached hydrogens (tertiary/aromatic N) is 1. The highest BCUT2D eigenvalue weighted by molar-refractivity contribution is 7.90. The van der Waals surface area contributed by atoms with Gasteiger partial charge in [0, 0.05) is 29.3 Å². The summed E-state index contributed by atoms with van der Waals surface area (Å²) in [5.74, 6) is -3.79. The summed E-state index contributed by atoms with van der Waals surface area (Å²) >= 11 is 0. The van der Waals surface area contributed by atoms with Crippen LogP contribution in [0.2, 0.25) is 0 Å². The average molecular weight is 559 g/mol. The normalized spacial score (nSPS) is 23.9. The third-order valence-electron chi connectivity index (χ3n) is 7.28. The van der Waals surface area contributed by atoms with E-state index in [1.54, 1.807) is 0 Å². The molecule has 38 heavy (non-hydrogen) atoms. The molecule has 1 N–H and O–H groups in total. The minimum absolute atomic E-state index is 0.0194. The number of piperidine rings is 1. The van der Waals surface area contributed by atoms with E-state index in [1.165, 1.54) is 4.90 Å². The Bertz CT molecular complexity index is 1410. The Hall–Kier alpha value is -3.06. The maximum absolute atomic E-state index is 14.8. The summed E-state index contributed by atoms with van der Waals surface area (Å²) in [5, 5.41) is 2.70. The van der Waals surface area contributed by atoms with E-state index in [1.807, 2.05) is 0 Å². The maximum atomic E-state index is 14.8. The summed E-state index contributed by atoms with van der Waals surface area (Å²) in [6.07, 6.45) is -2.95. The SMILES string of the molecule is CS(=O)(=O)c1cc(F)cc(C(=O)N2[C@@H](C(=O)NC(c3ccc(C(F)(F)F)cc3F)C3COC3)C[C@H]3C[C@H]32)c1. The monoisotopic (exact) mass is 558 g/mol. The van der Waals surface area contributed by atoms with Gasteiger partial charge in [0.2, 0.25) is 5.91 Å². The van der Waals surface area contributed by atoms with Crippen molar-refractivity contribution in [1.29, 1.82) is 0 Å². The molecule has 3 aliphatic rings. The van der Waals surface area contributed by atoms with Crippen LogP contribution < -0.4 is 5.32 Å². The van der Waals surface area contributed by atoms with E-state index < -0.39 is 63.0 Å². The van der Waals surface area contributed by atoms with Gasteiger partial charge in [0.1, 0.15) is 17.7 Å². The Morgan fingerprint density at radius 1 is 1.08 bits per heavy atom. The fraction of sp³-hybridized carbons (Fsp3) is 0.440. The van der Waals surface area contributed by atoms with Crippen LogP contribution in [-0.2, 0) is 25.5 Å². The molecule has 2 amide bonds. The van der Waals surface area contributed by atoms with E-state index in [2.05, 4.69) is 5.32 Å². The van der Waals surface area contributed by atoms with Crippen LogP contribution in [0.4, 0.5) is 22.0 Å². The Kier molecular flexibility index (Phi) is 6.49. The summed E-state index contributed by atoms with van der Waals surface area (Å²) in [7, 11) is -3.81. The van der Waals surface area contributed by atoms with Crippen molar-refractivity contribution in [2.45, 2.75) is 42.0 Å². The number of benzene rings is 2. The molecular weight excluding hydrogens is 535 g/mol. The van der Waals surface area contributed by atoms with Crippen molar-refractivity contribution in [1.82, 2.24) is 10.2 Å². The average Bonchev–Trinajstić information content (AvgIpc) is 3.44. The van der Waals surface area contributed by atoms with Crippen LogP contribution in [0, 0.1) is 23.5 Å². The number of halogens is 5. The molecule has 2 heterocycles. The molecule has 1 saturated carbocycles. The quantitative estimate of drug-likeness (QED) is 0.548. The molecule has 3 fully saturated rings. The lowest BCUT2D eigenvalue weighted by molar-refractivity contribution is -0.138. The number of ether oxygens (including phenoxy) is 1. The van der Waals surface area contributed by atoms with Crippen LogP contribution in [0.25, 0.3) is 0 Å². The minimum Gasteiger partial charge on any atom is -0.381 e. The standard InChI is InChI=1S/C25H23F5N2O5S/c1-38(35,36)17-5-13(4-16(26)9-17)24(34)32-20-6-12(20)7-21(32)23(33)31-22(14-10-37-11-14)18-3-2-15(8-19(18)27)25(28,29)30/h2-5,8-9,12,14,20-22H,6-7,10-11H2,1H3,(H,31,33)/t12-,20-,21-,22?/m1/s1. The van der Waals surface area contributed by atoms with Gasteiger partial charge in [-0.2, -0.15) is 13.2 Å². The Balaban J connectivity index is 1.41. The van der Waals surface area contributed by atoms with Gasteiger partial charge < -0.3 is 15.0 Å². The fourth-order valence-corrected chi connectivity index (χ4v) is 5.80. The highest BCUT2D eigenvalue weighted by Crippen LogP contribution is 2.49. The molecule has 5 rings (SSSR count). The van der Waals surface area contributed by atoms with Gasteiger partial charge >= 0.3 is 6.18 Å². The third kappa shape index (κ3) is 5.00. The molecule has 13 heteroatoms. The van der Waals surface area contributed by atoms with Crippen molar-refractivity contribution in [3.05, 3.63) is 64.7 Å². The van der Waals surface area contributed by atoms with Gasteiger partial charge in [0.05, 0.1) is 29.7 Å². The van der Waals surface area contributed by atoms with E-state index in [9.17, 15) is 40.0 Å². The highest BCUT2D eigenvalue weighted by Gasteiger charge is 2.56. The van der Waals surface area contributed by atoms with Gasteiger partial charge in [-0.3, -0.25) is 9.59 Å². The van der Waals surface area contributed by atoms with Crippen molar-refractivity contribution in [2.24, 2.45) is 11.8 Å². The van der Waals surface area contributed by atoms with Crippen molar-refractivity contribution >= 4 is 21.7 Å². The zero-order valence-corrected chi connectivity index (χ0v) is 20.8. The second kappa shape index (κ2) is 9.30. The first-order chi connectivity index (χ1) is 17.7. The second-order valence-corrected chi connectivity index (χ2v) is 12.0. The van der Waals surface area contributed by atoms with Crippen molar-refractivity contribution < 1.29 is 44.7 Å². The second-order valence-electron chi connectivity index (χ2n) is 9.99. The van der Waals surface area contributed by atoms with E-state index >= 15 is 0 Å². The first kappa shape index (κ1) is 26.5. The molecule has 1 unspecified atom stereocenters. The van der Waals surface area contributed by atoms with Gasteiger partial charge in [-0.1, -0.05) is 6.07 Å². The fourth-order valence-electron chi connectivity index (χ4n) is 5.13. The van der Waals surface area contributed by atoms with Gasteiger partial charge in [-0.05, 0) is 49.1 Å². The molecule has 204 valence electrons. The minimum atomic E-state index is -4.74. The molecule has 2 aromatic rings. The van der Waals surface area contributed by atoms with E-state index in [-0.39, 0.29) is 41.2 Å². The Labute approximate surface area is 214 Å². The van der Waals surface area contributed by atoms with Crippen molar-refractivity contribution in [3.8, 4) is 0 Å². The number of sulfone groups is 1. The molecule has 1 aliphatic carbocycles. The first-order valence-corrected chi connectivity index (χ1v) is 13.7. The van der Waals surface area contributed by atoms with Crippen LogP contribution >= 0.6 is 0 Å². The smallest absolute Gasteiger partial charge is 0.381 e. The zero-order valence-electron chi connectivity index (χ0n) is 20.0. The molecule has 0 aromatic heterocycles. The number of amides is 2. The lowest BCUT2D eigenvalue weighted by Crippen LogP contribution is -2.51. The summed E-state index contributed by atoms with van der Waals surface area (Å²) in [5.41, 5.74) is -1.53. The molecule has 2 aliphatic heterocycles. The number of rotatable bonds is 6. The van der Waals surface area contributed by atoms with Crippen LogP contribution in [-0.4, -0.2) is 56.7 Å². The van der Waals surface area contributed by atoms with Crippen LogP contribution in [0.5, 0.6) is 0 Å². The number of carbonyl (C=O) groups is 2. The van der Waals surface area contributed by atoms with Crippen LogP contribution in [0.3, 0.4) is 0 Å². The number of hydrogen-bond acceptors (Lipinski definition) is 5. The molecule has 0 radical (unpaired) electrons. The summed E-state index contributed by atoms with van der Waals surface area (Å²) < 4.78 is 97.0. The first-order valence-electron chi connectivity index (χ1n) is 11.8. The van der Waals surface area contributed by atoms with Gasteiger partial charge in [0.25, 0.3) is 5.91 Å². The number of alkyl halides is 3. The maximum Gasteiger partial charge on any atom is 0.416 e. The van der Waals surface area contributed by atoms with Crippen LogP contribution in [0.15, 0.2) is 41.3 Å². The predicted molar refractivity (Wildman–Crippen MR) is 123 cm³/mol. The van der Waals surface area contributed by atoms with Crippen molar-refractivity contribution in [3.63, 3.8) is 0 Å². The zero-order chi connectivity index (χ0) is 27.6. The van der Waals surface area contributed by atoms with Gasteiger partial charge in [-0.15, -0.1) is 0 Å². The molecule has 0 bridgehead atoms. The predicted octanol–water partition coefficient (Wildman–Crippen LogP) is 3.49. The third-order valence-corrected chi connectivity index (χ3v) is 8.38. The highest BCUT2D eigenvalue weighted by atomic mass is 32.2. The number of nitrogens with one attached hydrogen (secondary N) is 1. The molecular formula is C25H23F5N2O5S. The molecule has 0 spiro atoms. The number of carbonyl (C=O) groups excluding carboxylic acids is 2. The van der Waals surface area contributed by atoms with E-state index in [4.69, 9.17) is 4.74 Å². The summed E-state index contributed by atoms with van der Waals surface area (Å²) in [4.78, 5) is 27.7. The van der Waals surface area contributed by atoms with Crippen LogP contribution in [0.1, 0.15) is 40.4 Å². The number of hydrogen-bond donors (Lipinski definition) is 1. The largest absolute Gasteiger partial charge is 0.416 e. The van der Waals surface area contributed by atoms with Gasteiger partial charge in [-0.25, -0.2) is 17.2 Å². The van der Waals surface area contributed by atoms with Crippen molar-refractivity contribution in [2.75, 3.05) is 19.5 Å². The lowest BCUT2D eigenvalue weighted by atomic mass is 9.90. The number of fused-ring (bicyclic) bond motifs is 1. The Morgan fingerprint density at radius 2 is 1.79 bits per heavy atom. The summed E-state index contributed by atoms with van der Waals surface area (Å²) in [6, 6.07) is 2.54. The Morgan fingerprint density at radius 3 is 2.37 bits per heavy atom. The topological polar surface area (TPSA) is 92.8 Å². The lowest BCUT2D eigenvalue weighted by Gasteiger charge is -2.36. The summed E-state index contributed by atoms with van der Waals surface area (Å²) in [6.45, 7) is 0.309. The molecule has 4 atom stereocenters. The number of likely N-dealkylation sites (tertiary alicyclic amines) is 1. The van der Waals surface area contributed by atoms with E-state index in [0.717, 1.165) is 36.6 Å². The molecule has 2 aromatic carbocycles. The van der Waals surface area contributed by atoms with E-state index in [0.29, 0.717) is 18.9 Å².